The number of aromatic amines is 1. The number of para-hydroxylation sites is 1. The molecule has 0 atom stereocenters. The van der Waals surface area contributed by atoms with E-state index in [2.05, 4.69) is 9.97 Å². The van der Waals surface area contributed by atoms with Gasteiger partial charge in [-0.2, -0.15) is 0 Å². The van der Waals surface area contributed by atoms with E-state index in [1.165, 1.54) is 11.0 Å². The molecule has 0 aliphatic carbocycles. The summed E-state index contributed by atoms with van der Waals surface area (Å²) in [5.74, 6) is -0.769. The minimum Gasteiger partial charge on any atom is -0.366 e. The second-order valence-corrected chi connectivity index (χ2v) is 6.95. The first-order valence-corrected chi connectivity index (χ1v) is 9.56. The average Bonchev–Trinajstić information content (AvgIpc) is 2.77. The van der Waals surface area contributed by atoms with Crippen LogP contribution in [0.4, 0.5) is 10.1 Å². The molecule has 30 heavy (non-hydrogen) atoms. The number of hydrogen-bond donors (Lipinski definition) is 1. The first-order chi connectivity index (χ1) is 14.5. The maximum absolute atomic E-state index is 14.0. The van der Waals surface area contributed by atoms with Gasteiger partial charge in [0, 0.05) is 38.6 Å². The number of nitrogens with zero attached hydrogens (tertiary/aromatic N) is 4. The van der Waals surface area contributed by atoms with E-state index in [9.17, 15) is 18.8 Å². The van der Waals surface area contributed by atoms with Crippen molar-refractivity contribution in [1.82, 2.24) is 19.4 Å². The third-order valence-electron chi connectivity index (χ3n) is 5.10. The van der Waals surface area contributed by atoms with E-state index in [0.717, 1.165) is 10.8 Å². The van der Waals surface area contributed by atoms with Gasteiger partial charge in [-0.25, -0.2) is 9.18 Å². The highest BCUT2D eigenvalue weighted by molar-refractivity contribution is 5.93. The Bertz CT molecular complexity index is 1170. The van der Waals surface area contributed by atoms with Gasteiger partial charge in [0.15, 0.2) is 0 Å². The third-order valence-corrected chi connectivity index (χ3v) is 5.10. The van der Waals surface area contributed by atoms with Crippen molar-refractivity contribution in [3.8, 4) is 0 Å². The van der Waals surface area contributed by atoms with Crippen LogP contribution in [0.3, 0.4) is 0 Å². The molecule has 154 valence electrons. The van der Waals surface area contributed by atoms with Gasteiger partial charge in [0.05, 0.1) is 17.9 Å². The van der Waals surface area contributed by atoms with Crippen LogP contribution in [0.15, 0.2) is 64.4 Å². The second-order valence-electron chi connectivity index (χ2n) is 6.95. The molecule has 3 aromatic rings. The first kappa shape index (κ1) is 19.6. The molecule has 0 saturated carbocycles. The van der Waals surface area contributed by atoms with Crippen molar-refractivity contribution in [3.05, 3.63) is 92.8 Å². The molecule has 0 radical (unpaired) electrons. The second kappa shape index (κ2) is 8.32. The maximum atomic E-state index is 14.0. The van der Waals surface area contributed by atoms with Crippen LogP contribution in [-0.2, 0) is 6.54 Å². The number of halogens is 1. The SMILES string of the molecule is O=C(c1c[nH]c(=O)n(Cc2ccccn2)c1=O)N1CCN(c2ccccc2F)CC1. The Kier molecular flexibility index (Phi) is 5.42. The molecule has 1 aromatic carbocycles. The van der Waals surface area contributed by atoms with Gasteiger partial charge in [-0.15, -0.1) is 0 Å². The number of anilines is 1. The lowest BCUT2D eigenvalue weighted by Gasteiger charge is -2.36. The van der Waals surface area contributed by atoms with Crippen molar-refractivity contribution < 1.29 is 9.18 Å². The van der Waals surface area contributed by atoms with E-state index in [-0.39, 0.29) is 17.9 Å². The van der Waals surface area contributed by atoms with Gasteiger partial charge < -0.3 is 14.8 Å². The van der Waals surface area contributed by atoms with E-state index in [0.29, 0.717) is 37.6 Å². The average molecular weight is 409 g/mol. The number of hydrogen-bond acceptors (Lipinski definition) is 5. The van der Waals surface area contributed by atoms with Crippen LogP contribution in [0, 0.1) is 5.82 Å². The fourth-order valence-electron chi connectivity index (χ4n) is 3.49. The summed E-state index contributed by atoms with van der Waals surface area (Å²) in [7, 11) is 0. The first-order valence-electron chi connectivity index (χ1n) is 9.56. The van der Waals surface area contributed by atoms with E-state index in [1.807, 2.05) is 4.90 Å². The maximum Gasteiger partial charge on any atom is 0.328 e. The Balaban J connectivity index is 1.52. The Morgan fingerprint density at radius 1 is 1.03 bits per heavy atom. The van der Waals surface area contributed by atoms with Crippen molar-refractivity contribution in [2.75, 3.05) is 31.1 Å². The number of rotatable bonds is 4. The molecule has 1 aliphatic heterocycles. The molecule has 2 aromatic heterocycles. The molecular formula is C21H20FN5O3. The Morgan fingerprint density at radius 2 is 1.77 bits per heavy atom. The van der Waals surface area contributed by atoms with Gasteiger partial charge in [-0.1, -0.05) is 18.2 Å². The molecule has 8 nitrogen and oxygen atoms in total. The number of carbonyl (C=O) groups excluding carboxylic acids is 1. The lowest BCUT2D eigenvalue weighted by Crippen LogP contribution is -2.50. The highest BCUT2D eigenvalue weighted by Gasteiger charge is 2.26. The summed E-state index contributed by atoms with van der Waals surface area (Å²) in [5, 5.41) is 0. The summed E-state index contributed by atoms with van der Waals surface area (Å²) in [6, 6.07) is 11.7. The molecule has 9 heteroatoms. The molecule has 3 heterocycles. The largest absolute Gasteiger partial charge is 0.366 e. The van der Waals surface area contributed by atoms with Crippen LogP contribution in [0.25, 0.3) is 0 Å². The van der Waals surface area contributed by atoms with Crippen molar-refractivity contribution in [2.24, 2.45) is 0 Å². The predicted molar refractivity (Wildman–Crippen MR) is 109 cm³/mol. The van der Waals surface area contributed by atoms with Crippen LogP contribution in [0.2, 0.25) is 0 Å². The third kappa shape index (κ3) is 3.86. The summed E-state index contributed by atoms with van der Waals surface area (Å²) in [4.78, 5) is 47.9. The number of nitrogens with one attached hydrogen (secondary N) is 1. The molecule has 1 fully saturated rings. The molecule has 0 spiro atoms. The summed E-state index contributed by atoms with van der Waals surface area (Å²) < 4.78 is 15.0. The standard InChI is InChI=1S/C21H20FN5O3/c22-17-6-1-2-7-18(17)25-9-11-26(12-10-25)19(28)16-13-24-21(30)27(20(16)29)14-15-5-3-4-8-23-15/h1-8,13H,9-12,14H2,(H,24,30). The number of H-pyrrole nitrogens is 1. The van der Waals surface area contributed by atoms with E-state index in [1.54, 1.807) is 42.6 Å². The number of carbonyl (C=O) groups is 1. The topological polar surface area (TPSA) is 91.3 Å². The van der Waals surface area contributed by atoms with E-state index in [4.69, 9.17) is 0 Å². The molecule has 1 N–H and O–H groups in total. The number of piperazine rings is 1. The Morgan fingerprint density at radius 3 is 2.47 bits per heavy atom. The van der Waals surface area contributed by atoms with Crippen molar-refractivity contribution in [3.63, 3.8) is 0 Å². The predicted octanol–water partition coefficient (Wildman–Crippen LogP) is 1.08. The molecule has 1 amide bonds. The number of aromatic nitrogens is 3. The van der Waals surface area contributed by atoms with Crippen LogP contribution < -0.4 is 16.1 Å². The fraction of sp³-hybridized carbons (Fsp3) is 0.238. The summed E-state index contributed by atoms with van der Waals surface area (Å²) in [6.07, 6.45) is 2.73. The van der Waals surface area contributed by atoms with Crippen molar-refractivity contribution >= 4 is 11.6 Å². The minimum atomic E-state index is -0.661. The Hall–Kier alpha value is -3.75. The van der Waals surface area contributed by atoms with Crippen molar-refractivity contribution in [1.29, 1.82) is 0 Å². The van der Waals surface area contributed by atoms with Gasteiger partial charge in [0.2, 0.25) is 0 Å². The van der Waals surface area contributed by atoms with Crippen molar-refractivity contribution in [2.45, 2.75) is 6.54 Å². The van der Waals surface area contributed by atoms with Gasteiger partial charge >= 0.3 is 5.69 Å². The highest BCUT2D eigenvalue weighted by Crippen LogP contribution is 2.20. The lowest BCUT2D eigenvalue weighted by atomic mass is 10.2. The smallest absolute Gasteiger partial charge is 0.328 e. The number of benzene rings is 1. The number of pyridine rings is 1. The summed E-state index contributed by atoms with van der Waals surface area (Å²) in [5.41, 5.74) is -0.345. The zero-order valence-electron chi connectivity index (χ0n) is 16.1. The zero-order chi connectivity index (χ0) is 21.1. The van der Waals surface area contributed by atoms with Gasteiger partial charge in [0.1, 0.15) is 11.4 Å². The summed E-state index contributed by atoms with van der Waals surface area (Å²) in [6.45, 7) is 1.53. The van der Waals surface area contributed by atoms with Crippen LogP contribution in [0.5, 0.6) is 0 Å². The zero-order valence-corrected chi connectivity index (χ0v) is 16.1. The molecule has 4 rings (SSSR count). The molecule has 1 aliphatic rings. The van der Waals surface area contributed by atoms with Crippen LogP contribution >= 0.6 is 0 Å². The van der Waals surface area contributed by atoms with Gasteiger partial charge in [0.25, 0.3) is 11.5 Å². The van der Waals surface area contributed by atoms with E-state index < -0.39 is 17.2 Å². The molecule has 0 bridgehead atoms. The molecule has 1 saturated heterocycles. The van der Waals surface area contributed by atoms with Gasteiger partial charge in [-0.3, -0.25) is 19.1 Å². The Labute approximate surface area is 171 Å². The lowest BCUT2D eigenvalue weighted by molar-refractivity contribution is 0.0743. The van der Waals surface area contributed by atoms with E-state index >= 15 is 0 Å². The van der Waals surface area contributed by atoms with Crippen LogP contribution in [0.1, 0.15) is 16.1 Å². The normalized spacial score (nSPS) is 14.0. The minimum absolute atomic E-state index is 0.0306. The fourth-order valence-corrected chi connectivity index (χ4v) is 3.49. The van der Waals surface area contributed by atoms with Crippen LogP contribution in [-0.4, -0.2) is 51.5 Å². The monoisotopic (exact) mass is 409 g/mol. The molecular weight excluding hydrogens is 389 g/mol. The number of amides is 1. The molecule has 0 unspecified atom stereocenters. The van der Waals surface area contributed by atoms with Gasteiger partial charge in [-0.05, 0) is 24.3 Å². The quantitative estimate of drug-likeness (QED) is 0.696. The highest BCUT2D eigenvalue weighted by atomic mass is 19.1. The summed E-state index contributed by atoms with van der Waals surface area (Å²) >= 11 is 0.